The number of aromatic nitrogens is 1. The molecule has 1 atom stereocenters. The summed E-state index contributed by atoms with van der Waals surface area (Å²) in [5.41, 5.74) is 4.73. The van der Waals surface area contributed by atoms with Gasteiger partial charge in [-0.2, -0.15) is 5.10 Å². The second-order valence-corrected chi connectivity index (χ2v) is 7.22. The van der Waals surface area contributed by atoms with E-state index in [1.54, 1.807) is 11.3 Å². The molecule has 23 heavy (non-hydrogen) atoms. The Morgan fingerprint density at radius 3 is 2.83 bits per heavy atom. The van der Waals surface area contributed by atoms with Crippen LogP contribution in [0.15, 0.2) is 29.4 Å². The Morgan fingerprint density at radius 2 is 2.09 bits per heavy atom. The molecule has 1 saturated carbocycles. The van der Waals surface area contributed by atoms with Gasteiger partial charge < -0.3 is 5.32 Å². The fraction of sp³-hybridized carbons (Fsp3) is 0.471. The van der Waals surface area contributed by atoms with E-state index < -0.39 is 0 Å². The van der Waals surface area contributed by atoms with E-state index in [2.05, 4.69) is 27.8 Å². The van der Waals surface area contributed by atoms with Gasteiger partial charge in [0, 0.05) is 5.71 Å². The molecule has 1 heterocycles. The number of thiazole rings is 1. The normalized spacial score (nSPS) is 19.4. The summed E-state index contributed by atoms with van der Waals surface area (Å²) in [6.07, 6.45) is 4.30. The molecule has 1 amide bonds. The summed E-state index contributed by atoms with van der Waals surface area (Å²) in [4.78, 5) is 16.7. The molecule has 2 N–H and O–H groups in total. The van der Waals surface area contributed by atoms with Crippen LogP contribution in [-0.4, -0.2) is 22.6 Å². The van der Waals surface area contributed by atoms with Gasteiger partial charge in [-0.1, -0.05) is 30.4 Å². The zero-order valence-corrected chi connectivity index (χ0v) is 14.3. The monoisotopic (exact) mass is 330 g/mol. The quantitative estimate of drug-likeness (QED) is 0.838. The fourth-order valence-corrected chi connectivity index (χ4v) is 3.58. The predicted octanol–water partition coefficient (Wildman–Crippen LogP) is 3.78. The number of anilines is 1. The lowest BCUT2D eigenvalue weighted by molar-refractivity contribution is -0.121. The molecule has 0 saturated heterocycles. The molecule has 1 aliphatic rings. The standard InChI is InChI=1S/C17H22N4OS/c1-11-7-9-13(10-8-11)20-21-16(22)12(2)18-17-19-14-5-3-4-6-15(14)23-17/h3-6,11-12H,7-10H2,1-2H3,(H,18,19)(H,21,22)/t11?,12-/m0/s1. The van der Waals surface area contributed by atoms with Crippen molar-refractivity contribution in [2.45, 2.75) is 45.6 Å². The number of fused-ring (bicyclic) bond motifs is 1. The van der Waals surface area contributed by atoms with E-state index >= 15 is 0 Å². The number of hydrogen-bond donors (Lipinski definition) is 2. The lowest BCUT2D eigenvalue weighted by Gasteiger charge is -2.19. The van der Waals surface area contributed by atoms with Crippen molar-refractivity contribution in [2.75, 3.05) is 5.32 Å². The van der Waals surface area contributed by atoms with E-state index in [-0.39, 0.29) is 11.9 Å². The van der Waals surface area contributed by atoms with Gasteiger partial charge in [0.2, 0.25) is 0 Å². The Bertz CT molecular complexity index is 681. The molecule has 1 aliphatic carbocycles. The first-order valence-electron chi connectivity index (χ1n) is 8.09. The van der Waals surface area contributed by atoms with Crippen LogP contribution in [0.2, 0.25) is 0 Å². The third-order valence-electron chi connectivity index (χ3n) is 4.20. The van der Waals surface area contributed by atoms with Crippen molar-refractivity contribution in [3.63, 3.8) is 0 Å². The Kier molecular flexibility index (Phi) is 4.91. The molecule has 1 aromatic carbocycles. The number of para-hydroxylation sites is 1. The fourth-order valence-electron chi connectivity index (χ4n) is 2.62. The second-order valence-electron chi connectivity index (χ2n) is 6.19. The first-order valence-corrected chi connectivity index (χ1v) is 8.91. The molecule has 2 aromatic rings. The van der Waals surface area contributed by atoms with Gasteiger partial charge in [-0.3, -0.25) is 4.79 Å². The van der Waals surface area contributed by atoms with Crippen molar-refractivity contribution in [3.05, 3.63) is 24.3 Å². The van der Waals surface area contributed by atoms with Gasteiger partial charge in [-0.25, -0.2) is 10.4 Å². The molecule has 5 nitrogen and oxygen atoms in total. The van der Waals surface area contributed by atoms with Crippen molar-refractivity contribution in [3.8, 4) is 0 Å². The van der Waals surface area contributed by atoms with E-state index in [4.69, 9.17) is 0 Å². The molecule has 6 heteroatoms. The lowest BCUT2D eigenvalue weighted by Crippen LogP contribution is -2.35. The van der Waals surface area contributed by atoms with Gasteiger partial charge in [0.15, 0.2) is 5.13 Å². The predicted molar refractivity (Wildman–Crippen MR) is 95.9 cm³/mol. The summed E-state index contributed by atoms with van der Waals surface area (Å²) in [7, 11) is 0. The number of amides is 1. The van der Waals surface area contributed by atoms with E-state index in [0.717, 1.165) is 52.7 Å². The van der Waals surface area contributed by atoms with Crippen LogP contribution in [0.3, 0.4) is 0 Å². The molecule has 3 rings (SSSR count). The molecule has 1 fully saturated rings. The van der Waals surface area contributed by atoms with E-state index in [1.807, 2.05) is 31.2 Å². The SMILES string of the molecule is CC1CCC(=NNC(=O)[C@H](C)Nc2nc3ccccc3s2)CC1. The van der Waals surface area contributed by atoms with Crippen LogP contribution in [0.5, 0.6) is 0 Å². The zero-order chi connectivity index (χ0) is 16.2. The smallest absolute Gasteiger partial charge is 0.262 e. The molecule has 0 unspecified atom stereocenters. The number of carbonyl (C=O) groups is 1. The van der Waals surface area contributed by atoms with Gasteiger partial charge in [-0.15, -0.1) is 0 Å². The van der Waals surface area contributed by atoms with Crippen molar-refractivity contribution >= 4 is 38.3 Å². The first kappa shape index (κ1) is 15.9. The summed E-state index contributed by atoms with van der Waals surface area (Å²) in [5.74, 6) is 0.639. The lowest BCUT2D eigenvalue weighted by atomic mass is 9.90. The second kappa shape index (κ2) is 7.08. The Labute approximate surface area is 140 Å². The average Bonchev–Trinajstić information content (AvgIpc) is 2.96. The van der Waals surface area contributed by atoms with Crippen molar-refractivity contribution < 1.29 is 4.79 Å². The number of hydrogen-bond acceptors (Lipinski definition) is 5. The maximum absolute atomic E-state index is 12.2. The third-order valence-corrected chi connectivity index (χ3v) is 5.17. The van der Waals surface area contributed by atoms with Gasteiger partial charge in [-0.05, 0) is 50.7 Å². The molecule has 0 aliphatic heterocycles. The van der Waals surface area contributed by atoms with Gasteiger partial charge in [0.1, 0.15) is 6.04 Å². The highest BCUT2D eigenvalue weighted by Crippen LogP contribution is 2.25. The third kappa shape index (κ3) is 4.07. The van der Waals surface area contributed by atoms with Gasteiger partial charge in [0.05, 0.1) is 10.2 Å². The number of nitrogens with one attached hydrogen (secondary N) is 2. The maximum Gasteiger partial charge on any atom is 0.262 e. The van der Waals surface area contributed by atoms with Crippen LogP contribution in [0.1, 0.15) is 39.5 Å². The first-order chi connectivity index (χ1) is 11.1. The highest BCUT2D eigenvalue weighted by atomic mass is 32.1. The van der Waals surface area contributed by atoms with E-state index in [9.17, 15) is 4.79 Å². The van der Waals surface area contributed by atoms with Crippen LogP contribution in [0.25, 0.3) is 10.2 Å². The number of carbonyl (C=O) groups excluding carboxylic acids is 1. The van der Waals surface area contributed by atoms with Gasteiger partial charge in [0.25, 0.3) is 5.91 Å². The van der Waals surface area contributed by atoms with Crippen LogP contribution < -0.4 is 10.7 Å². The number of rotatable bonds is 4. The average molecular weight is 330 g/mol. The summed E-state index contributed by atoms with van der Waals surface area (Å²) < 4.78 is 1.11. The molecule has 0 bridgehead atoms. The highest BCUT2D eigenvalue weighted by molar-refractivity contribution is 7.22. The molecular weight excluding hydrogens is 308 g/mol. The highest BCUT2D eigenvalue weighted by Gasteiger charge is 2.16. The Morgan fingerprint density at radius 1 is 1.35 bits per heavy atom. The number of benzene rings is 1. The summed E-state index contributed by atoms with van der Waals surface area (Å²) >= 11 is 1.55. The van der Waals surface area contributed by atoms with E-state index in [0.29, 0.717) is 0 Å². The number of nitrogens with zero attached hydrogens (tertiary/aromatic N) is 2. The van der Waals surface area contributed by atoms with Crippen LogP contribution >= 0.6 is 11.3 Å². The maximum atomic E-state index is 12.2. The largest absolute Gasteiger partial charge is 0.350 e. The minimum absolute atomic E-state index is 0.129. The van der Waals surface area contributed by atoms with Crippen LogP contribution in [-0.2, 0) is 4.79 Å². The number of hydrazone groups is 1. The molecule has 122 valence electrons. The topological polar surface area (TPSA) is 66.4 Å². The van der Waals surface area contributed by atoms with Crippen molar-refractivity contribution in [1.29, 1.82) is 0 Å². The van der Waals surface area contributed by atoms with E-state index in [1.165, 1.54) is 0 Å². The molecule has 0 radical (unpaired) electrons. The summed E-state index contributed by atoms with van der Waals surface area (Å²) in [6.45, 7) is 4.09. The minimum atomic E-state index is -0.373. The summed E-state index contributed by atoms with van der Waals surface area (Å²) in [6, 6.07) is 7.57. The Balaban J connectivity index is 1.56. The molecular formula is C17H22N4OS. The zero-order valence-electron chi connectivity index (χ0n) is 13.5. The van der Waals surface area contributed by atoms with Crippen LogP contribution in [0.4, 0.5) is 5.13 Å². The summed E-state index contributed by atoms with van der Waals surface area (Å²) in [5, 5.41) is 8.19. The van der Waals surface area contributed by atoms with Crippen LogP contribution in [0, 0.1) is 5.92 Å². The van der Waals surface area contributed by atoms with Crippen molar-refractivity contribution in [1.82, 2.24) is 10.4 Å². The molecule has 1 aromatic heterocycles. The van der Waals surface area contributed by atoms with Gasteiger partial charge >= 0.3 is 0 Å². The molecule has 0 spiro atoms. The Hall–Kier alpha value is -1.95. The minimum Gasteiger partial charge on any atom is -0.350 e. The van der Waals surface area contributed by atoms with Crippen molar-refractivity contribution in [2.24, 2.45) is 11.0 Å².